The fourth-order valence-electron chi connectivity index (χ4n) is 3.44. The van der Waals surface area contributed by atoms with E-state index < -0.39 is 6.03 Å². The molecule has 4 rings (SSSR count). The molecule has 2 fully saturated rings. The number of carbonyl (C=O) groups is 3. The molecule has 130 valence electrons. The van der Waals surface area contributed by atoms with Crippen LogP contribution in [-0.2, 0) is 9.59 Å². The summed E-state index contributed by atoms with van der Waals surface area (Å²) < 4.78 is 1.75. The van der Waals surface area contributed by atoms with E-state index in [-0.39, 0.29) is 18.2 Å². The monoisotopic (exact) mass is 341 g/mol. The summed E-state index contributed by atoms with van der Waals surface area (Å²) in [5.74, 6) is -0.0876. The average Bonchev–Trinajstić information content (AvgIpc) is 3.05. The minimum Gasteiger partial charge on any atom is -0.370 e. The van der Waals surface area contributed by atoms with Crippen molar-refractivity contribution in [1.29, 1.82) is 0 Å². The first-order valence-corrected chi connectivity index (χ1v) is 8.44. The van der Waals surface area contributed by atoms with Gasteiger partial charge < -0.3 is 9.69 Å². The molecular formula is C17H19N5O3. The first kappa shape index (κ1) is 15.6. The van der Waals surface area contributed by atoms with Crippen molar-refractivity contribution in [1.82, 2.24) is 14.9 Å². The van der Waals surface area contributed by atoms with Crippen molar-refractivity contribution in [2.45, 2.75) is 19.3 Å². The minimum atomic E-state index is -0.411. The Balaban J connectivity index is 1.58. The lowest BCUT2D eigenvalue weighted by Gasteiger charge is -2.31. The zero-order chi connectivity index (χ0) is 17.4. The molecule has 0 aromatic carbocycles. The molecule has 0 radical (unpaired) electrons. The van der Waals surface area contributed by atoms with Crippen molar-refractivity contribution < 1.29 is 14.4 Å². The number of nitrogens with zero attached hydrogens (tertiary/aromatic N) is 4. The number of urea groups is 1. The third-order valence-corrected chi connectivity index (χ3v) is 4.92. The van der Waals surface area contributed by atoms with Crippen molar-refractivity contribution in [3.8, 4) is 0 Å². The first-order valence-electron chi connectivity index (χ1n) is 8.44. The van der Waals surface area contributed by atoms with Gasteiger partial charge in [-0.1, -0.05) is 0 Å². The van der Waals surface area contributed by atoms with Gasteiger partial charge in [0.05, 0.1) is 29.3 Å². The Kier molecular flexibility index (Phi) is 3.87. The Morgan fingerprint density at radius 1 is 1.16 bits per heavy atom. The second-order valence-corrected chi connectivity index (χ2v) is 6.46. The van der Waals surface area contributed by atoms with Crippen LogP contribution in [0, 0.1) is 5.92 Å². The molecule has 2 aromatic heterocycles. The zero-order valence-electron chi connectivity index (χ0n) is 13.7. The van der Waals surface area contributed by atoms with E-state index in [4.69, 9.17) is 0 Å². The molecule has 2 aliphatic heterocycles. The number of carbonyl (C=O) groups excluding carboxylic acids is 3. The van der Waals surface area contributed by atoms with E-state index in [9.17, 15) is 14.4 Å². The summed E-state index contributed by atoms with van der Waals surface area (Å²) in [7, 11) is 0. The molecule has 0 saturated carbocycles. The number of imide groups is 1. The summed E-state index contributed by atoms with van der Waals surface area (Å²) in [6.07, 6.45) is 6.66. The van der Waals surface area contributed by atoms with Gasteiger partial charge in [-0.2, -0.15) is 5.10 Å². The molecule has 2 aromatic rings. The number of hydrogen-bond acceptors (Lipinski definition) is 5. The second-order valence-electron chi connectivity index (χ2n) is 6.46. The van der Waals surface area contributed by atoms with E-state index in [1.165, 1.54) is 0 Å². The molecular weight excluding hydrogens is 322 g/mol. The normalized spacial score (nSPS) is 19.4. The highest BCUT2D eigenvalue weighted by Gasteiger charge is 2.27. The molecule has 25 heavy (non-hydrogen) atoms. The van der Waals surface area contributed by atoms with E-state index in [1.54, 1.807) is 15.6 Å². The summed E-state index contributed by atoms with van der Waals surface area (Å²) in [6, 6.07) is 3.54. The standard InChI is InChI=1S/C17H19N5O3/c23-11-12-3-6-20(7-4-12)13-1-2-14-15(9-18-22(14)10-13)21-8-5-16(24)19-17(21)25/h1-2,9-12H,3-8H2,(H,19,24,25). The molecule has 1 N–H and O–H groups in total. The van der Waals surface area contributed by atoms with Gasteiger partial charge in [0.25, 0.3) is 0 Å². The van der Waals surface area contributed by atoms with Gasteiger partial charge in [-0.15, -0.1) is 0 Å². The highest BCUT2D eigenvalue weighted by molar-refractivity contribution is 6.07. The average molecular weight is 341 g/mol. The molecule has 3 amide bonds. The number of aromatic nitrogens is 2. The van der Waals surface area contributed by atoms with Crippen LogP contribution in [0.3, 0.4) is 0 Å². The summed E-state index contributed by atoms with van der Waals surface area (Å²) in [6.45, 7) is 2.05. The fourth-order valence-corrected chi connectivity index (χ4v) is 3.44. The number of pyridine rings is 1. The van der Waals surface area contributed by atoms with Crippen LogP contribution in [0.4, 0.5) is 16.2 Å². The van der Waals surface area contributed by atoms with Crippen LogP contribution in [0.5, 0.6) is 0 Å². The SMILES string of the molecule is O=CC1CCN(c2ccc3c(N4CCC(=O)NC4=O)cnn3c2)CC1. The third-order valence-electron chi connectivity index (χ3n) is 4.92. The Morgan fingerprint density at radius 2 is 1.96 bits per heavy atom. The molecule has 0 atom stereocenters. The summed E-state index contributed by atoms with van der Waals surface area (Å²) in [5, 5.41) is 6.69. The summed E-state index contributed by atoms with van der Waals surface area (Å²) >= 11 is 0. The minimum absolute atomic E-state index is 0.164. The van der Waals surface area contributed by atoms with Gasteiger partial charge in [0.15, 0.2) is 0 Å². The first-order chi connectivity index (χ1) is 12.2. The molecule has 4 heterocycles. The van der Waals surface area contributed by atoms with Crippen LogP contribution in [-0.4, -0.2) is 47.5 Å². The van der Waals surface area contributed by atoms with E-state index in [0.717, 1.165) is 43.4 Å². The fraction of sp³-hybridized carbons (Fsp3) is 0.412. The molecule has 2 saturated heterocycles. The predicted octanol–water partition coefficient (Wildman–Crippen LogP) is 1.20. The number of aldehydes is 1. The molecule has 8 heteroatoms. The predicted molar refractivity (Wildman–Crippen MR) is 91.7 cm³/mol. The molecule has 0 bridgehead atoms. The van der Waals surface area contributed by atoms with Gasteiger partial charge in [0.1, 0.15) is 6.29 Å². The third kappa shape index (κ3) is 2.84. The van der Waals surface area contributed by atoms with Gasteiger partial charge in [-0.05, 0) is 25.0 Å². The van der Waals surface area contributed by atoms with Gasteiger partial charge >= 0.3 is 6.03 Å². The molecule has 0 spiro atoms. The van der Waals surface area contributed by atoms with Crippen molar-refractivity contribution in [2.24, 2.45) is 5.92 Å². The Bertz CT molecular complexity index is 838. The number of amides is 3. The van der Waals surface area contributed by atoms with Gasteiger partial charge in [0, 0.05) is 32.0 Å². The molecule has 2 aliphatic rings. The number of piperidine rings is 1. The zero-order valence-corrected chi connectivity index (χ0v) is 13.7. The second kappa shape index (κ2) is 6.19. The number of fused-ring (bicyclic) bond motifs is 1. The largest absolute Gasteiger partial charge is 0.370 e. The molecule has 0 unspecified atom stereocenters. The summed E-state index contributed by atoms with van der Waals surface area (Å²) in [5.41, 5.74) is 2.55. The van der Waals surface area contributed by atoms with Gasteiger partial charge in [-0.25, -0.2) is 9.31 Å². The van der Waals surface area contributed by atoms with Crippen molar-refractivity contribution in [2.75, 3.05) is 29.4 Å². The smallest absolute Gasteiger partial charge is 0.328 e. The highest BCUT2D eigenvalue weighted by Crippen LogP contribution is 2.27. The lowest BCUT2D eigenvalue weighted by molar-refractivity contribution is -0.120. The van der Waals surface area contributed by atoms with E-state index in [0.29, 0.717) is 12.2 Å². The summed E-state index contributed by atoms with van der Waals surface area (Å²) in [4.78, 5) is 38.0. The number of rotatable bonds is 3. The van der Waals surface area contributed by atoms with Crippen LogP contribution < -0.4 is 15.1 Å². The van der Waals surface area contributed by atoms with Crippen LogP contribution in [0.25, 0.3) is 5.52 Å². The maximum absolute atomic E-state index is 12.0. The van der Waals surface area contributed by atoms with Crippen LogP contribution in [0.15, 0.2) is 24.5 Å². The number of nitrogens with one attached hydrogen (secondary N) is 1. The van der Waals surface area contributed by atoms with Crippen molar-refractivity contribution >= 4 is 35.1 Å². The molecule has 0 aliphatic carbocycles. The highest BCUT2D eigenvalue weighted by atomic mass is 16.2. The van der Waals surface area contributed by atoms with Crippen LogP contribution in [0.2, 0.25) is 0 Å². The lowest BCUT2D eigenvalue weighted by atomic mass is 9.98. The van der Waals surface area contributed by atoms with Crippen molar-refractivity contribution in [3.05, 3.63) is 24.5 Å². The van der Waals surface area contributed by atoms with Crippen molar-refractivity contribution in [3.63, 3.8) is 0 Å². The maximum Gasteiger partial charge on any atom is 0.328 e. The molecule has 8 nitrogen and oxygen atoms in total. The Morgan fingerprint density at radius 3 is 2.68 bits per heavy atom. The van der Waals surface area contributed by atoms with E-state index >= 15 is 0 Å². The Hall–Kier alpha value is -2.90. The number of hydrogen-bond donors (Lipinski definition) is 1. The quantitative estimate of drug-likeness (QED) is 0.848. The topological polar surface area (TPSA) is 87.0 Å². The van der Waals surface area contributed by atoms with E-state index in [2.05, 4.69) is 15.3 Å². The lowest BCUT2D eigenvalue weighted by Crippen LogP contribution is -2.49. The van der Waals surface area contributed by atoms with Gasteiger partial charge in [0.2, 0.25) is 5.91 Å². The van der Waals surface area contributed by atoms with Gasteiger partial charge in [-0.3, -0.25) is 15.0 Å². The number of anilines is 2. The van der Waals surface area contributed by atoms with Crippen LogP contribution in [0.1, 0.15) is 19.3 Å². The van der Waals surface area contributed by atoms with Crippen LogP contribution >= 0.6 is 0 Å². The maximum atomic E-state index is 12.0. The Labute approximate surface area is 144 Å². The van der Waals surface area contributed by atoms with E-state index in [1.807, 2.05) is 18.3 Å².